The van der Waals surface area contributed by atoms with Gasteiger partial charge in [-0.25, -0.2) is 24.3 Å². The van der Waals surface area contributed by atoms with Crippen LogP contribution in [0.15, 0.2) is 36.5 Å². The van der Waals surface area contributed by atoms with E-state index in [1.807, 2.05) is 31.2 Å². The standard InChI is InChI=1S/C29H33N5O9/c1-4-16(2)25(30)26(36)41-15-42-28(38)33(17(3)35)14-23-22-12-20-11-18(5-7-21(20)34(22)29(39)43-23)19-6-8-24(31-13-19)32-9-10-40-27(32)37/h5-8,11,13,16,22-23,25H,4,9-10,12,14-15,30H2,1-3H3/t16?,22-,23-,25+/m0/s1. The lowest BCUT2D eigenvalue weighted by atomic mass is 10.0. The van der Waals surface area contributed by atoms with Crippen molar-refractivity contribution in [1.82, 2.24) is 9.88 Å². The number of carbonyl (C=O) groups excluding carboxylic acids is 5. The van der Waals surface area contributed by atoms with Gasteiger partial charge in [0.2, 0.25) is 12.7 Å². The summed E-state index contributed by atoms with van der Waals surface area (Å²) in [6.45, 7) is 4.68. The first-order valence-electron chi connectivity index (χ1n) is 14.0. The monoisotopic (exact) mass is 595 g/mol. The van der Waals surface area contributed by atoms with Crippen LogP contribution in [0.2, 0.25) is 0 Å². The van der Waals surface area contributed by atoms with E-state index >= 15 is 0 Å². The van der Waals surface area contributed by atoms with Gasteiger partial charge in [0.05, 0.1) is 24.8 Å². The van der Waals surface area contributed by atoms with E-state index in [4.69, 9.17) is 24.7 Å². The topological polar surface area (TPSA) is 171 Å². The molecule has 0 bridgehead atoms. The van der Waals surface area contributed by atoms with Gasteiger partial charge in [0.25, 0.3) is 0 Å². The maximum atomic E-state index is 12.8. The quantitative estimate of drug-likeness (QED) is 0.257. The summed E-state index contributed by atoms with van der Waals surface area (Å²) in [6, 6.07) is 7.90. The van der Waals surface area contributed by atoms with Gasteiger partial charge < -0.3 is 24.7 Å². The number of benzene rings is 1. The van der Waals surface area contributed by atoms with Crippen molar-refractivity contribution in [1.29, 1.82) is 0 Å². The predicted molar refractivity (Wildman–Crippen MR) is 151 cm³/mol. The Labute approximate surface area is 247 Å². The van der Waals surface area contributed by atoms with E-state index in [-0.39, 0.29) is 12.5 Å². The molecular weight excluding hydrogens is 562 g/mol. The van der Waals surface area contributed by atoms with Gasteiger partial charge >= 0.3 is 24.2 Å². The molecular formula is C29H33N5O9. The number of aromatic nitrogens is 1. The molecule has 0 aliphatic carbocycles. The predicted octanol–water partition coefficient (Wildman–Crippen LogP) is 2.81. The lowest BCUT2D eigenvalue weighted by Gasteiger charge is -2.24. The number of esters is 1. The average Bonchev–Trinajstić information content (AvgIpc) is 3.68. The van der Waals surface area contributed by atoms with Gasteiger partial charge in [0.15, 0.2) is 0 Å². The molecule has 228 valence electrons. The Morgan fingerprint density at radius 2 is 1.91 bits per heavy atom. The molecule has 3 aliphatic heterocycles. The fourth-order valence-electron chi connectivity index (χ4n) is 5.24. The second-order valence-corrected chi connectivity index (χ2v) is 10.6. The van der Waals surface area contributed by atoms with Crippen LogP contribution in [0.4, 0.5) is 25.9 Å². The van der Waals surface area contributed by atoms with Crippen LogP contribution in [0.5, 0.6) is 0 Å². The minimum atomic E-state index is -1.04. The van der Waals surface area contributed by atoms with Crippen molar-refractivity contribution in [3.05, 3.63) is 42.1 Å². The third-order valence-electron chi connectivity index (χ3n) is 7.97. The van der Waals surface area contributed by atoms with Crippen LogP contribution in [0.1, 0.15) is 32.8 Å². The van der Waals surface area contributed by atoms with Crippen molar-refractivity contribution in [2.75, 3.05) is 36.3 Å². The lowest BCUT2D eigenvalue weighted by molar-refractivity contribution is -0.155. The number of hydrogen-bond donors (Lipinski definition) is 1. The molecule has 43 heavy (non-hydrogen) atoms. The summed E-state index contributed by atoms with van der Waals surface area (Å²) in [5.74, 6) is -0.968. The van der Waals surface area contributed by atoms with E-state index in [0.717, 1.165) is 21.6 Å². The molecule has 1 unspecified atom stereocenters. The highest BCUT2D eigenvalue weighted by atomic mass is 16.7. The molecule has 2 aromatic rings. The first-order valence-corrected chi connectivity index (χ1v) is 14.0. The molecule has 4 amide bonds. The van der Waals surface area contributed by atoms with Gasteiger partial charge in [0.1, 0.15) is 24.6 Å². The SMILES string of the molecule is CCC(C)[C@@H](N)C(=O)OCOC(=O)N(C[C@@H]1OC(=O)N2c3ccc(-c4ccc(N5CCOC5=O)nc4)cc3C[C@@H]12)C(C)=O. The third kappa shape index (κ3) is 5.95. The van der Waals surface area contributed by atoms with Crippen molar-refractivity contribution < 1.29 is 42.9 Å². The maximum Gasteiger partial charge on any atom is 0.419 e. The average molecular weight is 596 g/mol. The zero-order valence-electron chi connectivity index (χ0n) is 24.1. The van der Waals surface area contributed by atoms with E-state index in [0.29, 0.717) is 37.5 Å². The van der Waals surface area contributed by atoms with Gasteiger partial charge in [-0.15, -0.1) is 0 Å². The first-order chi connectivity index (χ1) is 20.6. The molecule has 2 fully saturated rings. The van der Waals surface area contributed by atoms with E-state index in [9.17, 15) is 24.0 Å². The molecule has 2 saturated heterocycles. The second kappa shape index (κ2) is 12.3. The van der Waals surface area contributed by atoms with Crippen LogP contribution < -0.4 is 15.5 Å². The Morgan fingerprint density at radius 3 is 2.56 bits per heavy atom. The van der Waals surface area contributed by atoms with Crippen LogP contribution in [0, 0.1) is 5.92 Å². The fraction of sp³-hybridized carbons (Fsp3) is 0.448. The van der Waals surface area contributed by atoms with Crippen LogP contribution in [0.25, 0.3) is 11.1 Å². The highest BCUT2D eigenvalue weighted by Gasteiger charge is 2.49. The summed E-state index contributed by atoms with van der Waals surface area (Å²) < 4.78 is 20.5. The Balaban J connectivity index is 1.23. The molecule has 14 nitrogen and oxygen atoms in total. The Kier molecular flexibility index (Phi) is 8.48. The van der Waals surface area contributed by atoms with Gasteiger partial charge in [-0.05, 0) is 47.7 Å². The van der Waals surface area contributed by atoms with Crippen molar-refractivity contribution >= 4 is 41.7 Å². The number of rotatable bonds is 9. The molecule has 1 aromatic heterocycles. The second-order valence-electron chi connectivity index (χ2n) is 10.6. The minimum absolute atomic E-state index is 0.122. The Bertz CT molecular complexity index is 1430. The summed E-state index contributed by atoms with van der Waals surface area (Å²) in [5.41, 5.74) is 9.07. The smallest absolute Gasteiger partial charge is 0.419 e. The summed E-state index contributed by atoms with van der Waals surface area (Å²) >= 11 is 0. The number of ether oxygens (including phenoxy) is 4. The highest BCUT2D eigenvalue weighted by molar-refractivity contribution is 5.95. The van der Waals surface area contributed by atoms with Crippen molar-refractivity contribution in [3.8, 4) is 11.1 Å². The molecule has 0 radical (unpaired) electrons. The summed E-state index contributed by atoms with van der Waals surface area (Å²) in [7, 11) is 0. The zero-order chi connectivity index (χ0) is 30.8. The van der Waals surface area contributed by atoms with Crippen LogP contribution in [0.3, 0.4) is 0 Å². The molecule has 0 spiro atoms. The van der Waals surface area contributed by atoms with E-state index < -0.39 is 55.1 Å². The number of carbonyl (C=O) groups is 5. The summed E-state index contributed by atoms with van der Waals surface area (Å²) in [6.07, 6.45) is -0.111. The molecule has 2 N–H and O–H groups in total. The number of pyridine rings is 1. The Hall–Kier alpha value is -4.72. The number of nitrogens with zero attached hydrogens (tertiary/aromatic N) is 4. The third-order valence-corrected chi connectivity index (χ3v) is 7.97. The van der Waals surface area contributed by atoms with Gasteiger partial charge in [-0.1, -0.05) is 26.3 Å². The van der Waals surface area contributed by atoms with Gasteiger partial charge in [-0.3, -0.25) is 19.4 Å². The van der Waals surface area contributed by atoms with Gasteiger partial charge in [-0.2, -0.15) is 0 Å². The normalized spacial score (nSPS) is 20.1. The Morgan fingerprint density at radius 1 is 1.14 bits per heavy atom. The molecule has 3 aliphatic rings. The summed E-state index contributed by atoms with van der Waals surface area (Å²) in [5, 5.41) is 0. The zero-order valence-corrected chi connectivity index (χ0v) is 24.1. The largest absolute Gasteiger partial charge is 0.447 e. The maximum absolute atomic E-state index is 12.8. The fourth-order valence-corrected chi connectivity index (χ4v) is 5.24. The van der Waals surface area contributed by atoms with E-state index in [2.05, 4.69) is 4.98 Å². The number of anilines is 2. The molecule has 1 aromatic carbocycles. The minimum Gasteiger partial charge on any atom is -0.447 e. The number of cyclic esters (lactones) is 2. The highest BCUT2D eigenvalue weighted by Crippen LogP contribution is 2.41. The van der Waals surface area contributed by atoms with Crippen molar-refractivity contribution in [2.24, 2.45) is 11.7 Å². The molecule has 4 atom stereocenters. The number of nitrogens with two attached hydrogens (primary N) is 1. The molecule has 0 saturated carbocycles. The summed E-state index contributed by atoms with van der Waals surface area (Å²) in [4.78, 5) is 70.0. The van der Waals surface area contributed by atoms with Crippen LogP contribution in [-0.2, 0) is 35.0 Å². The molecule has 5 rings (SSSR count). The van der Waals surface area contributed by atoms with E-state index in [1.54, 1.807) is 19.2 Å². The van der Waals surface area contributed by atoms with E-state index in [1.165, 1.54) is 16.7 Å². The van der Waals surface area contributed by atoms with Crippen LogP contribution in [-0.4, -0.2) is 84.7 Å². The van der Waals surface area contributed by atoms with Crippen molar-refractivity contribution in [3.63, 3.8) is 0 Å². The van der Waals surface area contributed by atoms with Crippen molar-refractivity contribution in [2.45, 2.75) is 51.8 Å². The number of hydrogen-bond acceptors (Lipinski definition) is 11. The number of amides is 4. The van der Waals surface area contributed by atoms with Gasteiger partial charge in [0, 0.05) is 18.7 Å². The molecule has 14 heteroatoms. The number of imide groups is 1. The lowest BCUT2D eigenvalue weighted by Crippen LogP contribution is -2.46. The van der Waals surface area contributed by atoms with Crippen LogP contribution >= 0.6 is 0 Å². The molecule has 4 heterocycles. The number of fused-ring (bicyclic) bond motifs is 3. The first kappa shape index (κ1) is 29.8.